The molecule has 10 heteroatoms. The smallest absolute Gasteiger partial charge is 0.243 e. The standard InChI is InChI=1S/C22H30N4O5S/c1-17(21(27)24-22(16-23)7-3-2-4-8-22)25-9-11-26(12-10-25)32(28,29)18-5-6-19-20(15-18)31-14-13-30-19/h5-6,15,17H,2-4,7-14H2,1H3,(H,24,27)/t17-/m0/s1. The quantitative estimate of drug-likeness (QED) is 0.706. The molecule has 2 fully saturated rings. The molecule has 0 unspecified atom stereocenters. The van der Waals surface area contributed by atoms with Gasteiger partial charge in [0, 0.05) is 32.2 Å². The molecule has 1 aromatic rings. The van der Waals surface area contributed by atoms with Crippen LogP contribution in [0.5, 0.6) is 11.5 Å². The fourth-order valence-corrected chi connectivity index (χ4v) is 6.03. The molecule has 1 atom stereocenters. The Morgan fingerprint density at radius 3 is 2.41 bits per heavy atom. The Balaban J connectivity index is 1.37. The second-order valence-electron chi connectivity index (χ2n) is 8.67. The number of hydrogen-bond acceptors (Lipinski definition) is 7. The number of nitrogens with one attached hydrogen (secondary N) is 1. The summed E-state index contributed by atoms with van der Waals surface area (Å²) in [5.74, 6) is 0.819. The molecule has 1 amide bonds. The number of rotatable bonds is 5. The lowest BCUT2D eigenvalue weighted by Gasteiger charge is -2.38. The predicted molar refractivity (Wildman–Crippen MR) is 117 cm³/mol. The zero-order chi connectivity index (χ0) is 22.8. The number of piperazine rings is 1. The number of carbonyl (C=O) groups excluding carboxylic acids is 1. The molecule has 1 saturated heterocycles. The largest absolute Gasteiger partial charge is 0.486 e. The molecule has 1 aromatic carbocycles. The third kappa shape index (κ3) is 4.56. The second kappa shape index (κ2) is 9.25. The van der Waals surface area contributed by atoms with Crippen LogP contribution < -0.4 is 14.8 Å². The number of sulfonamides is 1. The second-order valence-corrected chi connectivity index (χ2v) is 10.6. The molecule has 0 bridgehead atoms. The maximum atomic E-state index is 13.1. The van der Waals surface area contributed by atoms with Gasteiger partial charge in [0.1, 0.15) is 18.8 Å². The summed E-state index contributed by atoms with van der Waals surface area (Å²) in [6, 6.07) is 6.56. The number of benzene rings is 1. The Morgan fingerprint density at radius 2 is 1.75 bits per heavy atom. The van der Waals surface area contributed by atoms with E-state index in [2.05, 4.69) is 11.4 Å². The third-order valence-electron chi connectivity index (χ3n) is 6.64. The molecule has 174 valence electrons. The first kappa shape index (κ1) is 22.8. The summed E-state index contributed by atoms with van der Waals surface area (Å²) in [7, 11) is -3.67. The third-order valence-corrected chi connectivity index (χ3v) is 8.53. The van der Waals surface area contributed by atoms with E-state index < -0.39 is 21.6 Å². The number of fused-ring (bicyclic) bond motifs is 1. The van der Waals surface area contributed by atoms with E-state index in [1.165, 1.54) is 16.4 Å². The molecular formula is C22H30N4O5S. The van der Waals surface area contributed by atoms with Gasteiger partial charge >= 0.3 is 0 Å². The first-order valence-electron chi connectivity index (χ1n) is 11.2. The molecule has 9 nitrogen and oxygen atoms in total. The highest BCUT2D eigenvalue weighted by Gasteiger charge is 2.37. The number of amides is 1. The van der Waals surface area contributed by atoms with Gasteiger partial charge in [-0.05, 0) is 31.9 Å². The van der Waals surface area contributed by atoms with Crippen molar-refractivity contribution in [1.29, 1.82) is 5.26 Å². The maximum absolute atomic E-state index is 13.1. The zero-order valence-corrected chi connectivity index (χ0v) is 19.2. The van der Waals surface area contributed by atoms with Gasteiger partial charge in [-0.2, -0.15) is 9.57 Å². The fourth-order valence-electron chi connectivity index (χ4n) is 4.59. The number of nitriles is 1. The van der Waals surface area contributed by atoms with Crippen molar-refractivity contribution < 1.29 is 22.7 Å². The molecule has 2 aliphatic heterocycles. The van der Waals surface area contributed by atoms with Gasteiger partial charge in [0.2, 0.25) is 15.9 Å². The van der Waals surface area contributed by atoms with Crippen LogP contribution in [-0.2, 0) is 14.8 Å². The lowest BCUT2D eigenvalue weighted by Crippen LogP contribution is -2.58. The first-order chi connectivity index (χ1) is 15.3. The Kier molecular flexibility index (Phi) is 6.60. The van der Waals surface area contributed by atoms with Crippen LogP contribution in [0.25, 0.3) is 0 Å². The number of carbonyl (C=O) groups is 1. The average molecular weight is 463 g/mol. The van der Waals surface area contributed by atoms with Gasteiger partial charge in [-0.1, -0.05) is 19.3 Å². The molecule has 1 saturated carbocycles. The van der Waals surface area contributed by atoms with Crippen molar-refractivity contribution in [2.24, 2.45) is 0 Å². The normalized spacial score (nSPS) is 22.5. The van der Waals surface area contributed by atoms with Gasteiger partial charge in [-0.15, -0.1) is 0 Å². The van der Waals surface area contributed by atoms with Crippen LogP contribution in [0.15, 0.2) is 23.1 Å². The summed E-state index contributed by atoms with van der Waals surface area (Å²) < 4.78 is 38.7. The Morgan fingerprint density at radius 1 is 1.09 bits per heavy atom. The van der Waals surface area contributed by atoms with E-state index in [4.69, 9.17) is 9.47 Å². The lowest BCUT2D eigenvalue weighted by molar-refractivity contribution is -0.128. The van der Waals surface area contributed by atoms with Crippen molar-refractivity contribution in [2.75, 3.05) is 39.4 Å². The maximum Gasteiger partial charge on any atom is 0.243 e. The van der Waals surface area contributed by atoms with Crippen molar-refractivity contribution in [3.8, 4) is 17.6 Å². The van der Waals surface area contributed by atoms with Crippen molar-refractivity contribution in [3.63, 3.8) is 0 Å². The minimum absolute atomic E-state index is 0.170. The molecule has 4 rings (SSSR count). The Bertz CT molecular complexity index is 992. The average Bonchev–Trinajstić information content (AvgIpc) is 2.83. The van der Waals surface area contributed by atoms with Gasteiger partial charge in [-0.25, -0.2) is 8.42 Å². The summed E-state index contributed by atoms with van der Waals surface area (Å²) >= 11 is 0. The zero-order valence-electron chi connectivity index (χ0n) is 18.4. The molecular weight excluding hydrogens is 432 g/mol. The summed E-state index contributed by atoms with van der Waals surface area (Å²) in [5, 5.41) is 12.6. The predicted octanol–water partition coefficient (Wildman–Crippen LogP) is 1.50. The topological polar surface area (TPSA) is 112 Å². The number of nitrogens with zero attached hydrogens (tertiary/aromatic N) is 3. The lowest BCUT2D eigenvalue weighted by atomic mass is 9.82. The number of hydrogen-bond donors (Lipinski definition) is 1. The summed E-state index contributed by atoms with van der Waals surface area (Å²) in [6.07, 6.45) is 4.35. The van der Waals surface area contributed by atoms with E-state index >= 15 is 0 Å². The van der Waals surface area contributed by atoms with E-state index in [9.17, 15) is 18.5 Å². The van der Waals surface area contributed by atoms with E-state index in [1.54, 1.807) is 6.07 Å². The van der Waals surface area contributed by atoms with Crippen LogP contribution in [0.3, 0.4) is 0 Å². The van der Waals surface area contributed by atoms with Gasteiger partial charge in [0.05, 0.1) is 17.0 Å². The van der Waals surface area contributed by atoms with Crippen LogP contribution >= 0.6 is 0 Å². The van der Waals surface area contributed by atoms with Gasteiger partial charge in [0.25, 0.3) is 0 Å². The van der Waals surface area contributed by atoms with Crippen LogP contribution in [0.1, 0.15) is 39.0 Å². The Hall–Kier alpha value is -2.35. The number of ether oxygens (including phenoxy) is 2. The van der Waals surface area contributed by atoms with Crippen molar-refractivity contribution in [1.82, 2.24) is 14.5 Å². The molecule has 1 N–H and O–H groups in total. The van der Waals surface area contributed by atoms with E-state index in [0.29, 0.717) is 50.6 Å². The minimum Gasteiger partial charge on any atom is -0.486 e. The fraction of sp³-hybridized carbons (Fsp3) is 0.636. The molecule has 0 spiro atoms. The van der Waals surface area contributed by atoms with Gasteiger partial charge < -0.3 is 14.8 Å². The summed E-state index contributed by atoms with van der Waals surface area (Å²) in [5.41, 5.74) is -0.771. The van der Waals surface area contributed by atoms with Crippen molar-refractivity contribution in [3.05, 3.63) is 18.2 Å². The van der Waals surface area contributed by atoms with Gasteiger partial charge in [0.15, 0.2) is 11.5 Å². The molecule has 3 aliphatic rings. The molecule has 1 aliphatic carbocycles. The van der Waals surface area contributed by atoms with Crippen LogP contribution in [-0.4, -0.2) is 74.5 Å². The summed E-state index contributed by atoms with van der Waals surface area (Å²) in [6.45, 7) is 4.12. The van der Waals surface area contributed by atoms with Crippen LogP contribution in [0.4, 0.5) is 0 Å². The van der Waals surface area contributed by atoms with Crippen LogP contribution in [0, 0.1) is 11.3 Å². The highest BCUT2D eigenvalue weighted by molar-refractivity contribution is 7.89. The van der Waals surface area contributed by atoms with Crippen molar-refractivity contribution >= 4 is 15.9 Å². The highest BCUT2D eigenvalue weighted by atomic mass is 32.2. The van der Waals surface area contributed by atoms with E-state index in [1.807, 2.05) is 11.8 Å². The highest BCUT2D eigenvalue weighted by Crippen LogP contribution is 2.33. The van der Waals surface area contributed by atoms with Crippen molar-refractivity contribution in [2.45, 2.75) is 55.5 Å². The minimum atomic E-state index is -3.67. The van der Waals surface area contributed by atoms with E-state index in [-0.39, 0.29) is 23.9 Å². The molecule has 2 heterocycles. The Labute approximate surface area is 189 Å². The SMILES string of the molecule is C[C@@H](C(=O)NC1(C#N)CCCCC1)N1CCN(S(=O)(=O)c2ccc3c(c2)OCCO3)CC1. The summed E-state index contributed by atoms with van der Waals surface area (Å²) in [4.78, 5) is 15.0. The van der Waals surface area contributed by atoms with Crippen LogP contribution in [0.2, 0.25) is 0 Å². The monoisotopic (exact) mass is 462 g/mol. The first-order valence-corrected chi connectivity index (χ1v) is 12.7. The van der Waals surface area contributed by atoms with E-state index in [0.717, 1.165) is 19.3 Å². The van der Waals surface area contributed by atoms with Gasteiger partial charge in [-0.3, -0.25) is 9.69 Å². The molecule has 0 aromatic heterocycles. The molecule has 32 heavy (non-hydrogen) atoms. The molecule has 0 radical (unpaired) electrons.